The normalized spacial score (nSPS) is 12.2. The third kappa shape index (κ3) is 3.49. The number of hydrogen-bond donors (Lipinski definition) is 1. The summed E-state index contributed by atoms with van der Waals surface area (Å²) in [6.45, 7) is 3.71. The van der Waals surface area contributed by atoms with E-state index in [0.717, 1.165) is 5.56 Å². The molecule has 0 saturated heterocycles. The van der Waals surface area contributed by atoms with Crippen molar-refractivity contribution < 1.29 is 4.79 Å². The predicted octanol–water partition coefficient (Wildman–Crippen LogP) is 2.29. The van der Waals surface area contributed by atoms with Crippen LogP contribution in [0.2, 0.25) is 5.02 Å². The second kappa shape index (κ2) is 6.23. The number of aromatic nitrogens is 4. The molecule has 2 rings (SSSR count). The Bertz CT molecular complexity index is 630. The zero-order chi connectivity index (χ0) is 14.7. The van der Waals surface area contributed by atoms with Gasteiger partial charge >= 0.3 is 0 Å². The Kier molecular flexibility index (Phi) is 4.61. The molecule has 1 aromatic heterocycles. The SMILES string of the molecule is Cc1ccc(Cl)cc1NC(=O)[C@H](C)Sc1nnnn1C. The highest BCUT2D eigenvalue weighted by Crippen LogP contribution is 2.23. The number of nitrogens with one attached hydrogen (secondary N) is 1. The first-order valence-corrected chi connectivity index (χ1v) is 7.19. The largest absolute Gasteiger partial charge is 0.325 e. The van der Waals surface area contributed by atoms with E-state index < -0.39 is 0 Å². The Morgan fingerprint density at radius 1 is 1.50 bits per heavy atom. The fourth-order valence-electron chi connectivity index (χ4n) is 1.50. The maximum atomic E-state index is 12.2. The van der Waals surface area contributed by atoms with Crippen molar-refractivity contribution in [1.82, 2.24) is 20.2 Å². The summed E-state index contributed by atoms with van der Waals surface area (Å²) in [4.78, 5) is 12.2. The lowest BCUT2D eigenvalue weighted by Crippen LogP contribution is -2.23. The first kappa shape index (κ1) is 14.8. The number of benzene rings is 1. The van der Waals surface area contributed by atoms with Gasteiger partial charge in [-0.2, -0.15) is 0 Å². The molecule has 1 amide bonds. The molecule has 1 heterocycles. The summed E-state index contributed by atoms with van der Waals surface area (Å²) in [5.41, 5.74) is 1.67. The van der Waals surface area contributed by atoms with Crippen molar-refractivity contribution in [1.29, 1.82) is 0 Å². The molecule has 6 nitrogen and oxygen atoms in total. The number of rotatable bonds is 4. The van der Waals surface area contributed by atoms with Gasteiger partial charge in [-0.1, -0.05) is 29.4 Å². The molecule has 0 radical (unpaired) electrons. The minimum Gasteiger partial charge on any atom is -0.325 e. The summed E-state index contributed by atoms with van der Waals surface area (Å²) >= 11 is 7.23. The average molecular weight is 312 g/mol. The zero-order valence-electron chi connectivity index (χ0n) is 11.3. The maximum Gasteiger partial charge on any atom is 0.237 e. The van der Waals surface area contributed by atoms with Gasteiger partial charge in [-0.15, -0.1) is 5.10 Å². The summed E-state index contributed by atoms with van der Waals surface area (Å²) < 4.78 is 1.53. The van der Waals surface area contributed by atoms with E-state index in [9.17, 15) is 4.79 Å². The van der Waals surface area contributed by atoms with Gasteiger partial charge < -0.3 is 5.32 Å². The molecule has 0 unspecified atom stereocenters. The quantitative estimate of drug-likeness (QED) is 0.877. The summed E-state index contributed by atoms with van der Waals surface area (Å²) in [5, 5.41) is 14.8. The van der Waals surface area contributed by atoms with E-state index in [2.05, 4.69) is 20.8 Å². The van der Waals surface area contributed by atoms with Gasteiger partial charge in [0.2, 0.25) is 11.1 Å². The molecule has 20 heavy (non-hydrogen) atoms. The fraction of sp³-hybridized carbons (Fsp3) is 0.333. The van der Waals surface area contributed by atoms with Gasteiger partial charge in [0.15, 0.2) is 0 Å². The standard InChI is InChI=1S/C12H14ClN5OS/c1-7-4-5-9(13)6-10(7)14-11(19)8(2)20-12-15-16-17-18(12)3/h4-6,8H,1-3H3,(H,14,19)/t8-/m0/s1. The van der Waals surface area contributed by atoms with Crippen molar-refractivity contribution >= 4 is 35.0 Å². The molecule has 0 spiro atoms. The van der Waals surface area contributed by atoms with E-state index in [4.69, 9.17) is 11.6 Å². The van der Waals surface area contributed by atoms with Crippen LogP contribution in [-0.4, -0.2) is 31.4 Å². The number of aryl methyl sites for hydroxylation is 2. The van der Waals surface area contributed by atoms with Crippen LogP contribution >= 0.6 is 23.4 Å². The number of amides is 1. The van der Waals surface area contributed by atoms with Crippen molar-refractivity contribution in [3.63, 3.8) is 0 Å². The Morgan fingerprint density at radius 3 is 2.90 bits per heavy atom. The van der Waals surface area contributed by atoms with Crippen LogP contribution in [0.15, 0.2) is 23.4 Å². The topological polar surface area (TPSA) is 72.7 Å². The van der Waals surface area contributed by atoms with Crippen LogP contribution < -0.4 is 5.32 Å². The van der Waals surface area contributed by atoms with Gasteiger partial charge in [0.25, 0.3) is 0 Å². The summed E-state index contributed by atoms with van der Waals surface area (Å²) in [6, 6.07) is 5.38. The van der Waals surface area contributed by atoms with Crippen LogP contribution in [0.5, 0.6) is 0 Å². The highest BCUT2D eigenvalue weighted by Gasteiger charge is 2.18. The molecule has 1 aromatic carbocycles. The van der Waals surface area contributed by atoms with Gasteiger partial charge in [0.05, 0.1) is 5.25 Å². The van der Waals surface area contributed by atoms with E-state index in [1.165, 1.54) is 16.4 Å². The number of carbonyl (C=O) groups is 1. The van der Waals surface area contributed by atoms with E-state index in [0.29, 0.717) is 15.9 Å². The molecule has 0 aliphatic rings. The molecule has 0 aliphatic carbocycles. The van der Waals surface area contributed by atoms with Gasteiger partial charge in [-0.25, -0.2) is 4.68 Å². The van der Waals surface area contributed by atoms with E-state index in [-0.39, 0.29) is 11.2 Å². The number of nitrogens with zero attached hydrogens (tertiary/aromatic N) is 4. The summed E-state index contributed by atoms with van der Waals surface area (Å²) in [6.07, 6.45) is 0. The first-order chi connectivity index (χ1) is 9.47. The fourth-order valence-corrected chi connectivity index (χ4v) is 2.42. The Balaban J connectivity index is 2.04. The third-order valence-electron chi connectivity index (χ3n) is 2.69. The van der Waals surface area contributed by atoms with E-state index >= 15 is 0 Å². The minimum atomic E-state index is -0.321. The van der Waals surface area contributed by atoms with Gasteiger partial charge in [-0.3, -0.25) is 4.79 Å². The van der Waals surface area contributed by atoms with Crippen LogP contribution in [0.3, 0.4) is 0 Å². The van der Waals surface area contributed by atoms with Crippen LogP contribution in [0.25, 0.3) is 0 Å². The lowest BCUT2D eigenvalue weighted by atomic mass is 10.2. The highest BCUT2D eigenvalue weighted by atomic mass is 35.5. The molecule has 1 N–H and O–H groups in total. The molecule has 106 valence electrons. The van der Waals surface area contributed by atoms with Crippen molar-refractivity contribution in [3.05, 3.63) is 28.8 Å². The summed E-state index contributed by atoms with van der Waals surface area (Å²) in [7, 11) is 1.73. The molecule has 0 fully saturated rings. The Hall–Kier alpha value is -1.60. The van der Waals surface area contributed by atoms with Crippen molar-refractivity contribution in [2.75, 3.05) is 5.32 Å². The number of tetrazole rings is 1. The Morgan fingerprint density at radius 2 is 2.25 bits per heavy atom. The number of carbonyl (C=O) groups excluding carboxylic acids is 1. The van der Waals surface area contributed by atoms with E-state index in [1.807, 2.05) is 13.0 Å². The number of thioether (sulfide) groups is 1. The number of halogens is 1. The molecule has 0 bridgehead atoms. The molecular weight excluding hydrogens is 298 g/mol. The van der Waals surface area contributed by atoms with Crippen molar-refractivity contribution in [2.24, 2.45) is 7.05 Å². The smallest absolute Gasteiger partial charge is 0.237 e. The molecule has 0 saturated carbocycles. The highest BCUT2D eigenvalue weighted by molar-refractivity contribution is 8.00. The van der Waals surface area contributed by atoms with Crippen LogP contribution in [-0.2, 0) is 11.8 Å². The minimum absolute atomic E-state index is 0.122. The van der Waals surface area contributed by atoms with Crippen LogP contribution in [0.1, 0.15) is 12.5 Å². The van der Waals surface area contributed by atoms with Crippen molar-refractivity contribution in [2.45, 2.75) is 24.3 Å². The van der Waals surface area contributed by atoms with Crippen LogP contribution in [0, 0.1) is 6.92 Å². The lowest BCUT2D eigenvalue weighted by Gasteiger charge is -2.12. The van der Waals surface area contributed by atoms with Gasteiger partial charge in [0.1, 0.15) is 0 Å². The van der Waals surface area contributed by atoms with Gasteiger partial charge in [-0.05, 0) is 42.0 Å². The Labute approximate surface area is 125 Å². The second-order valence-electron chi connectivity index (χ2n) is 4.29. The summed E-state index contributed by atoms with van der Waals surface area (Å²) in [5.74, 6) is -0.122. The monoisotopic (exact) mass is 311 g/mol. The number of anilines is 1. The maximum absolute atomic E-state index is 12.2. The number of hydrogen-bond acceptors (Lipinski definition) is 5. The van der Waals surface area contributed by atoms with Crippen LogP contribution in [0.4, 0.5) is 5.69 Å². The average Bonchev–Trinajstić information content (AvgIpc) is 2.79. The molecule has 0 aliphatic heterocycles. The predicted molar refractivity (Wildman–Crippen MR) is 78.9 cm³/mol. The second-order valence-corrected chi connectivity index (χ2v) is 6.04. The molecule has 8 heteroatoms. The molecular formula is C12H14ClN5OS. The van der Waals surface area contributed by atoms with Gasteiger partial charge in [0, 0.05) is 17.8 Å². The third-order valence-corrected chi connectivity index (χ3v) is 4.05. The molecule has 1 atom stereocenters. The molecule has 2 aromatic rings. The lowest BCUT2D eigenvalue weighted by molar-refractivity contribution is -0.115. The zero-order valence-corrected chi connectivity index (χ0v) is 12.9. The van der Waals surface area contributed by atoms with Crippen molar-refractivity contribution in [3.8, 4) is 0 Å². The first-order valence-electron chi connectivity index (χ1n) is 5.93. The van der Waals surface area contributed by atoms with E-state index in [1.54, 1.807) is 26.1 Å².